The molecule has 23 heavy (non-hydrogen) atoms. The molecule has 0 aromatic heterocycles. The molecule has 1 fully saturated rings. The van der Waals surface area contributed by atoms with Crippen LogP contribution in [-0.2, 0) is 4.74 Å². The normalized spacial score (nSPS) is 21.4. The number of anilines is 2. The third-order valence-corrected chi connectivity index (χ3v) is 5.24. The van der Waals surface area contributed by atoms with Gasteiger partial charge in [-0.15, -0.1) is 0 Å². The fourth-order valence-electron chi connectivity index (χ4n) is 3.72. The van der Waals surface area contributed by atoms with E-state index in [0.717, 1.165) is 24.4 Å². The molecule has 126 valence electrons. The maximum atomic E-state index is 5.18. The zero-order valence-electron chi connectivity index (χ0n) is 14.7. The number of rotatable bonds is 3. The molecular weight excluding hydrogens is 286 g/mol. The number of hydrogen-bond acceptors (Lipinski definition) is 3. The van der Waals surface area contributed by atoms with Gasteiger partial charge in [0.2, 0.25) is 0 Å². The van der Waals surface area contributed by atoms with Gasteiger partial charge in [0.1, 0.15) is 5.84 Å². The molecule has 1 saturated carbocycles. The summed E-state index contributed by atoms with van der Waals surface area (Å²) in [5, 5.41) is 7.51. The van der Waals surface area contributed by atoms with Crippen molar-refractivity contribution in [3.63, 3.8) is 0 Å². The van der Waals surface area contributed by atoms with E-state index in [4.69, 9.17) is 9.73 Å². The monoisotopic (exact) mass is 315 g/mol. The second-order valence-electron chi connectivity index (χ2n) is 6.95. The van der Waals surface area contributed by atoms with E-state index in [0.29, 0.717) is 13.2 Å². The Labute approximate surface area is 139 Å². The molecule has 1 spiro atoms. The van der Waals surface area contributed by atoms with Crippen molar-refractivity contribution in [3.8, 4) is 0 Å². The number of nitrogens with one attached hydrogen (secondary N) is 2. The van der Waals surface area contributed by atoms with Gasteiger partial charge in [-0.1, -0.05) is 25.7 Å². The molecule has 1 aliphatic heterocycles. The van der Waals surface area contributed by atoms with E-state index >= 15 is 0 Å². The summed E-state index contributed by atoms with van der Waals surface area (Å²) in [6, 6.07) is 4.50. The van der Waals surface area contributed by atoms with Gasteiger partial charge in [-0.25, -0.2) is 0 Å². The first-order valence-corrected chi connectivity index (χ1v) is 8.85. The summed E-state index contributed by atoms with van der Waals surface area (Å²) in [7, 11) is 1.73. The molecule has 1 aromatic carbocycles. The fourth-order valence-corrected chi connectivity index (χ4v) is 3.72. The molecule has 0 amide bonds. The smallest absolute Gasteiger partial charge is 0.127 e. The highest BCUT2D eigenvalue weighted by Gasteiger charge is 2.40. The molecule has 2 N–H and O–H groups in total. The van der Waals surface area contributed by atoms with Gasteiger partial charge < -0.3 is 15.4 Å². The zero-order chi connectivity index (χ0) is 16.3. The van der Waals surface area contributed by atoms with Crippen molar-refractivity contribution in [1.29, 1.82) is 0 Å². The largest absolute Gasteiger partial charge is 0.383 e. The average Bonchev–Trinajstić information content (AvgIpc) is 2.76. The quantitative estimate of drug-likeness (QED) is 0.818. The summed E-state index contributed by atoms with van der Waals surface area (Å²) >= 11 is 0. The van der Waals surface area contributed by atoms with E-state index in [1.807, 2.05) is 0 Å². The SMILES string of the molecule is COCCN=C1Nc2cc(C)c(C)cc2NC12CCCCCC2. The predicted octanol–water partition coefficient (Wildman–Crippen LogP) is 4.28. The number of ether oxygens (including phenoxy) is 1. The average molecular weight is 315 g/mol. The molecule has 1 heterocycles. The Morgan fingerprint density at radius 2 is 1.70 bits per heavy atom. The highest BCUT2D eigenvalue weighted by molar-refractivity contribution is 6.09. The molecule has 0 atom stereocenters. The number of aryl methyl sites for hydroxylation is 2. The summed E-state index contributed by atoms with van der Waals surface area (Å²) in [6.07, 6.45) is 7.48. The van der Waals surface area contributed by atoms with Crippen molar-refractivity contribution < 1.29 is 4.74 Å². The number of aliphatic imine (C=N–C) groups is 1. The molecule has 1 aromatic rings. The van der Waals surface area contributed by atoms with E-state index in [1.54, 1.807) is 7.11 Å². The van der Waals surface area contributed by atoms with Crippen LogP contribution in [0.4, 0.5) is 11.4 Å². The Morgan fingerprint density at radius 3 is 2.35 bits per heavy atom. The highest BCUT2D eigenvalue weighted by atomic mass is 16.5. The molecule has 0 radical (unpaired) electrons. The lowest BCUT2D eigenvalue weighted by Gasteiger charge is -2.41. The van der Waals surface area contributed by atoms with E-state index in [2.05, 4.69) is 36.6 Å². The number of fused-ring (bicyclic) bond motifs is 1. The minimum absolute atomic E-state index is 0.0288. The van der Waals surface area contributed by atoms with Crippen LogP contribution in [0.25, 0.3) is 0 Å². The van der Waals surface area contributed by atoms with Crippen LogP contribution in [0.3, 0.4) is 0 Å². The van der Waals surface area contributed by atoms with Crippen LogP contribution in [0.1, 0.15) is 49.7 Å². The van der Waals surface area contributed by atoms with E-state index < -0.39 is 0 Å². The molecule has 4 nitrogen and oxygen atoms in total. The number of benzene rings is 1. The van der Waals surface area contributed by atoms with Crippen molar-refractivity contribution in [3.05, 3.63) is 23.3 Å². The first-order valence-electron chi connectivity index (χ1n) is 8.85. The topological polar surface area (TPSA) is 45.6 Å². The number of hydrogen-bond donors (Lipinski definition) is 2. The second-order valence-corrected chi connectivity index (χ2v) is 6.95. The molecular formula is C19H29N3O. The van der Waals surface area contributed by atoms with Crippen LogP contribution in [0.15, 0.2) is 17.1 Å². The lowest BCUT2D eigenvalue weighted by atomic mass is 9.85. The Kier molecular flexibility index (Phi) is 4.90. The molecule has 0 saturated heterocycles. The van der Waals surface area contributed by atoms with Crippen molar-refractivity contribution in [1.82, 2.24) is 0 Å². The van der Waals surface area contributed by atoms with Gasteiger partial charge >= 0.3 is 0 Å². The summed E-state index contributed by atoms with van der Waals surface area (Å²) < 4.78 is 5.18. The van der Waals surface area contributed by atoms with Crippen LogP contribution < -0.4 is 10.6 Å². The van der Waals surface area contributed by atoms with Crippen molar-refractivity contribution in [2.75, 3.05) is 30.9 Å². The van der Waals surface area contributed by atoms with E-state index in [1.165, 1.54) is 42.5 Å². The van der Waals surface area contributed by atoms with Crippen LogP contribution in [0.2, 0.25) is 0 Å². The fraction of sp³-hybridized carbons (Fsp3) is 0.632. The van der Waals surface area contributed by atoms with Gasteiger partial charge in [-0.2, -0.15) is 0 Å². The number of methoxy groups -OCH3 is 1. The van der Waals surface area contributed by atoms with Crippen molar-refractivity contribution >= 4 is 17.2 Å². The van der Waals surface area contributed by atoms with Crippen LogP contribution in [-0.4, -0.2) is 31.6 Å². The van der Waals surface area contributed by atoms with Gasteiger partial charge in [0.05, 0.1) is 30.1 Å². The third kappa shape index (κ3) is 3.37. The lowest BCUT2D eigenvalue weighted by Crippen LogP contribution is -2.52. The maximum Gasteiger partial charge on any atom is 0.127 e. The Bertz CT molecular complexity index is 587. The highest BCUT2D eigenvalue weighted by Crippen LogP contribution is 2.39. The van der Waals surface area contributed by atoms with Gasteiger partial charge in [0, 0.05) is 7.11 Å². The first kappa shape index (κ1) is 16.3. The van der Waals surface area contributed by atoms with Gasteiger partial charge in [-0.3, -0.25) is 4.99 Å². The summed E-state index contributed by atoms with van der Waals surface area (Å²) in [6.45, 7) is 5.72. The van der Waals surface area contributed by atoms with Crippen LogP contribution in [0.5, 0.6) is 0 Å². The molecule has 4 heteroatoms. The van der Waals surface area contributed by atoms with Crippen LogP contribution >= 0.6 is 0 Å². The maximum absolute atomic E-state index is 5.18. The minimum atomic E-state index is -0.0288. The van der Waals surface area contributed by atoms with Crippen molar-refractivity contribution in [2.24, 2.45) is 4.99 Å². The molecule has 0 unspecified atom stereocenters. The summed E-state index contributed by atoms with van der Waals surface area (Å²) in [4.78, 5) is 4.86. The second kappa shape index (κ2) is 6.91. The van der Waals surface area contributed by atoms with Gasteiger partial charge in [-0.05, 0) is 49.9 Å². The summed E-state index contributed by atoms with van der Waals surface area (Å²) in [5.74, 6) is 1.10. The Hall–Kier alpha value is -1.55. The van der Waals surface area contributed by atoms with Gasteiger partial charge in [0.15, 0.2) is 0 Å². The standard InChI is InChI=1S/C19H29N3O/c1-14-12-16-17(13-15(14)2)22-19(8-6-4-5-7-9-19)18(21-16)20-10-11-23-3/h12-13,22H,4-11H2,1-3H3,(H,20,21). The minimum Gasteiger partial charge on any atom is -0.383 e. The third-order valence-electron chi connectivity index (χ3n) is 5.24. The van der Waals surface area contributed by atoms with Crippen LogP contribution in [0, 0.1) is 13.8 Å². The zero-order valence-corrected chi connectivity index (χ0v) is 14.7. The number of nitrogens with zero attached hydrogens (tertiary/aromatic N) is 1. The van der Waals surface area contributed by atoms with Crippen molar-refractivity contribution in [2.45, 2.75) is 57.9 Å². The Balaban J connectivity index is 1.97. The predicted molar refractivity (Wildman–Crippen MR) is 97.8 cm³/mol. The lowest BCUT2D eigenvalue weighted by molar-refractivity contribution is 0.208. The molecule has 3 rings (SSSR count). The molecule has 2 aliphatic rings. The Morgan fingerprint density at radius 1 is 1.04 bits per heavy atom. The van der Waals surface area contributed by atoms with E-state index in [-0.39, 0.29) is 5.54 Å². The molecule has 0 bridgehead atoms. The first-order chi connectivity index (χ1) is 11.1. The summed E-state index contributed by atoms with van der Waals surface area (Å²) in [5.41, 5.74) is 4.99. The van der Waals surface area contributed by atoms with E-state index in [9.17, 15) is 0 Å². The molecule has 1 aliphatic carbocycles. The van der Waals surface area contributed by atoms with Gasteiger partial charge in [0.25, 0.3) is 0 Å². The number of amidine groups is 1.